The van der Waals surface area contributed by atoms with Crippen molar-refractivity contribution in [1.82, 2.24) is 19.4 Å². The molecule has 3 N–H and O–H groups in total. The van der Waals surface area contributed by atoms with Crippen LogP contribution in [0.2, 0.25) is 0 Å². The lowest BCUT2D eigenvalue weighted by molar-refractivity contribution is 0.173. The summed E-state index contributed by atoms with van der Waals surface area (Å²) in [6, 6.07) is 7.44. The monoisotopic (exact) mass is 634 g/mol. The Morgan fingerprint density at radius 1 is 1.22 bits per heavy atom. The molecule has 1 saturated heterocycles. The standard InChI is InChI=1S/C31H32F2N8O3S/c1-38-14-20-16-45-30-26(29(42)21-11-22(32)25(33)28(38)27(21)41(20)30)37-31(43)40(13-17-7-8-35-24(10-17)44-2)19-4-3-9-39(15-19)18-5-6-23(34)36-12-18/h5-8,10-12,19-20H,3-4,9,13-16H2,1-2H3,(H2,34,36)(H,37,43)/t19-,20?/m0/s1. The number of nitrogens with two attached hydrogens (primary N) is 1. The number of ether oxygens (including phenoxy) is 1. The van der Waals surface area contributed by atoms with E-state index in [-0.39, 0.29) is 35.4 Å². The molecule has 0 aliphatic carbocycles. The summed E-state index contributed by atoms with van der Waals surface area (Å²) in [5.41, 5.74) is 7.46. The zero-order valence-electron chi connectivity index (χ0n) is 24.8. The van der Waals surface area contributed by atoms with E-state index in [9.17, 15) is 14.0 Å². The first-order chi connectivity index (χ1) is 21.7. The van der Waals surface area contributed by atoms with Crippen molar-refractivity contribution in [3.05, 3.63) is 70.1 Å². The lowest BCUT2D eigenvalue weighted by Gasteiger charge is -2.40. The second-order valence-corrected chi connectivity index (χ2v) is 12.6. The molecule has 1 fully saturated rings. The Kier molecular flexibility index (Phi) is 7.38. The van der Waals surface area contributed by atoms with E-state index in [2.05, 4.69) is 20.2 Å². The molecule has 3 aromatic heterocycles. The minimum Gasteiger partial charge on any atom is -0.481 e. The third-order valence-corrected chi connectivity index (χ3v) is 10.0. The third-order valence-electron chi connectivity index (χ3n) is 8.78. The molecule has 45 heavy (non-hydrogen) atoms. The number of pyridine rings is 3. The molecule has 2 atom stereocenters. The number of piperidine rings is 1. The van der Waals surface area contributed by atoms with E-state index in [0.717, 1.165) is 36.7 Å². The molecule has 1 unspecified atom stereocenters. The number of methoxy groups -OCH3 is 1. The molecular weight excluding hydrogens is 602 g/mol. The van der Waals surface area contributed by atoms with Gasteiger partial charge in [0.05, 0.1) is 42.0 Å². The quantitative estimate of drug-likeness (QED) is 0.317. The summed E-state index contributed by atoms with van der Waals surface area (Å²) in [6.07, 6.45) is 4.91. The van der Waals surface area contributed by atoms with Gasteiger partial charge in [0.15, 0.2) is 11.6 Å². The maximum atomic E-state index is 15.0. The number of likely N-dealkylation sites (N-methyl/N-ethyl adjacent to an activating group) is 1. The molecule has 234 valence electrons. The SMILES string of the molecule is COc1cc(CN(C(=O)Nc2c3n4c5c(c(F)c(F)cc5c2=O)N(C)CC4CS3)[C@H]2CCCN(c3ccc(N)nc3)C2)ccn1. The van der Waals surface area contributed by atoms with Crippen LogP contribution in [0.1, 0.15) is 24.4 Å². The maximum absolute atomic E-state index is 15.0. The van der Waals surface area contributed by atoms with Gasteiger partial charge in [-0.05, 0) is 42.7 Å². The number of aromatic nitrogens is 3. The van der Waals surface area contributed by atoms with Crippen LogP contribution in [0.25, 0.3) is 10.9 Å². The number of hydrogen-bond donors (Lipinski definition) is 2. The van der Waals surface area contributed by atoms with Crippen LogP contribution in [-0.2, 0) is 6.54 Å². The van der Waals surface area contributed by atoms with Gasteiger partial charge >= 0.3 is 6.03 Å². The number of carbonyl (C=O) groups excluding carboxylic acids is 1. The molecule has 1 aromatic carbocycles. The molecule has 3 aliphatic rings. The van der Waals surface area contributed by atoms with Crippen LogP contribution in [0.5, 0.6) is 5.88 Å². The van der Waals surface area contributed by atoms with Crippen LogP contribution in [0, 0.1) is 11.6 Å². The van der Waals surface area contributed by atoms with Crippen LogP contribution < -0.4 is 31.0 Å². The number of halogens is 2. The summed E-state index contributed by atoms with van der Waals surface area (Å²) in [5, 5.41) is 3.51. The second-order valence-electron chi connectivity index (χ2n) is 11.6. The first-order valence-electron chi connectivity index (χ1n) is 14.7. The van der Waals surface area contributed by atoms with Gasteiger partial charge in [-0.25, -0.2) is 23.5 Å². The lowest BCUT2D eigenvalue weighted by Crippen LogP contribution is -2.51. The molecule has 0 bridgehead atoms. The highest BCUT2D eigenvalue weighted by molar-refractivity contribution is 7.99. The number of rotatable bonds is 6. The van der Waals surface area contributed by atoms with E-state index in [1.807, 2.05) is 16.7 Å². The predicted octanol–water partition coefficient (Wildman–Crippen LogP) is 4.46. The fourth-order valence-electron chi connectivity index (χ4n) is 6.64. The average molecular weight is 635 g/mol. The maximum Gasteiger partial charge on any atom is 0.322 e. The van der Waals surface area contributed by atoms with E-state index in [1.54, 1.807) is 41.4 Å². The molecule has 3 aliphatic heterocycles. The molecule has 4 aromatic rings. The molecule has 0 spiro atoms. The van der Waals surface area contributed by atoms with Gasteiger partial charge in [-0.15, -0.1) is 11.8 Å². The summed E-state index contributed by atoms with van der Waals surface area (Å²) < 4.78 is 37.0. The third kappa shape index (κ3) is 5.06. The number of thioether (sulfide) groups is 1. The number of nitrogens with one attached hydrogen (secondary N) is 1. The van der Waals surface area contributed by atoms with Gasteiger partial charge in [-0.1, -0.05) is 0 Å². The molecular formula is C31H32F2N8O3S. The fourth-order valence-corrected chi connectivity index (χ4v) is 7.92. The van der Waals surface area contributed by atoms with Crippen molar-refractivity contribution >= 4 is 51.6 Å². The summed E-state index contributed by atoms with van der Waals surface area (Å²) in [6.45, 7) is 2.00. The van der Waals surface area contributed by atoms with Crippen molar-refractivity contribution in [3.8, 4) is 5.88 Å². The summed E-state index contributed by atoms with van der Waals surface area (Å²) in [7, 11) is 3.23. The molecule has 14 heteroatoms. The van der Waals surface area contributed by atoms with Crippen LogP contribution in [0.15, 0.2) is 52.5 Å². The topological polar surface area (TPSA) is 122 Å². The van der Waals surface area contributed by atoms with E-state index in [0.29, 0.717) is 41.1 Å². The normalized spacial score (nSPS) is 18.8. The van der Waals surface area contributed by atoms with Crippen molar-refractivity contribution in [2.45, 2.75) is 36.5 Å². The first kappa shape index (κ1) is 29.1. The molecule has 7 rings (SSSR count). The number of carbonyl (C=O) groups is 1. The van der Waals surface area contributed by atoms with Gasteiger partial charge in [-0.2, -0.15) is 0 Å². The zero-order valence-corrected chi connectivity index (χ0v) is 25.6. The predicted molar refractivity (Wildman–Crippen MR) is 170 cm³/mol. The first-order valence-corrected chi connectivity index (χ1v) is 15.7. The molecule has 0 saturated carbocycles. The lowest BCUT2D eigenvalue weighted by atomic mass is 10.0. The van der Waals surface area contributed by atoms with Crippen LogP contribution >= 0.6 is 11.8 Å². The van der Waals surface area contributed by atoms with Gasteiger partial charge < -0.3 is 35.1 Å². The smallest absolute Gasteiger partial charge is 0.322 e. The van der Waals surface area contributed by atoms with Gasteiger partial charge in [0, 0.05) is 51.2 Å². The Morgan fingerprint density at radius 2 is 2.07 bits per heavy atom. The van der Waals surface area contributed by atoms with Crippen molar-refractivity contribution in [1.29, 1.82) is 0 Å². The van der Waals surface area contributed by atoms with Crippen molar-refractivity contribution in [3.63, 3.8) is 0 Å². The van der Waals surface area contributed by atoms with Gasteiger partial charge in [-0.3, -0.25) is 4.79 Å². The number of hydrogen-bond acceptors (Lipinski definition) is 9. The minimum absolute atomic E-state index is 0.0344. The molecule has 6 heterocycles. The summed E-state index contributed by atoms with van der Waals surface area (Å²) >= 11 is 1.44. The second kappa shape index (κ2) is 11.4. The highest BCUT2D eigenvalue weighted by Crippen LogP contribution is 2.46. The highest BCUT2D eigenvalue weighted by Gasteiger charge is 2.38. The Balaban J connectivity index is 1.28. The van der Waals surface area contributed by atoms with E-state index in [1.165, 1.54) is 18.9 Å². The molecule has 2 amide bonds. The molecule has 11 nitrogen and oxygen atoms in total. The molecule has 0 radical (unpaired) electrons. The van der Waals surface area contributed by atoms with Crippen molar-refractivity contribution in [2.75, 3.05) is 60.4 Å². The van der Waals surface area contributed by atoms with Crippen LogP contribution in [-0.4, -0.2) is 71.1 Å². The zero-order chi connectivity index (χ0) is 31.4. The Morgan fingerprint density at radius 3 is 2.84 bits per heavy atom. The van der Waals surface area contributed by atoms with Gasteiger partial charge in [0.25, 0.3) is 0 Å². The Hall–Kier alpha value is -4.59. The van der Waals surface area contributed by atoms with Crippen LogP contribution in [0.4, 0.5) is 36.5 Å². The van der Waals surface area contributed by atoms with Gasteiger partial charge in [0.1, 0.15) is 22.2 Å². The Labute approximate surface area is 262 Å². The van der Waals surface area contributed by atoms with Crippen LogP contribution in [0.3, 0.4) is 0 Å². The van der Waals surface area contributed by atoms with Gasteiger partial charge in [0.2, 0.25) is 11.3 Å². The van der Waals surface area contributed by atoms with E-state index >= 15 is 4.39 Å². The average Bonchev–Trinajstić information content (AvgIpc) is 3.47. The minimum atomic E-state index is -1.10. The number of urea groups is 1. The van der Waals surface area contributed by atoms with Crippen molar-refractivity contribution in [2.24, 2.45) is 0 Å². The number of benzene rings is 1. The number of nitrogen functional groups attached to an aromatic ring is 1. The number of amides is 2. The summed E-state index contributed by atoms with van der Waals surface area (Å²) in [4.78, 5) is 42.2. The highest BCUT2D eigenvalue weighted by atomic mass is 32.2. The van der Waals surface area contributed by atoms with E-state index in [4.69, 9.17) is 10.5 Å². The number of anilines is 4. The van der Waals surface area contributed by atoms with Crippen molar-refractivity contribution < 1.29 is 18.3 Å². The fraction of sp³-hybridized carbons (Fsp3) is 0.355. The largest absolute Gasteiger partial charge is 0.481 e. The Bertz CT molecular complexity index is 1870. The summed E-state index contributed by atoms with van der Waals surface area (Å²) in [5.74, 6) is -0.601. The van der Waals surface area contributed by atoms with E-state index < -0.39 is 23.1 Å². The number of nitrogens with zero attached hydrogens (tertiary/aromatic N) is 6.